The van der Waals surface area contributed by atoms with Crippen molar-refractivity contribution >= 4 is 6.09 Å². The van der Waals surface area contributed by atoms with Gasteiger partial charge < -0.3 is 9.64 Å². The first-order valence-corrected chi connectivity index (χ1v) is 6.51. The van der Waals surface area contributed by atoms with Gasteiger partial charge in [0.25, 0.3) is 0 Å². The standard InChI is InChI=1S/C14H23NO2/c1-5-12-10-6-7-11(12)9-15(8-10)13(16)17-14(2,3)4/h5,10-12H,1,6-9H2,2-4H3. The van der Waals surface area contributed by atoms with Gasteiger partial charge in [-0.15, -0.1) is 6.58 Å². The molecule has 3 heteroatoms. The summed E-state index contributed by atoms with van der Waals surface area (Å²) in [5.74, 6) is 1.80. The molecular weight excluding hydrogens is 214 g/mol. The molecule has 3 nitrogen and oxygen atoms in total. The maximum absolute atomic E-state index is 12.0. The molecular formula is C14H23NO2. The molecule has 0 N–H and O–H groups in total. The minimum atomic E-state index is -0.397. The molecule has 0 aromatic rings. The second-order valence-electron chi connectivity index (χ2n) is 6.30. The SMILES string of the molecule is C=CC1C2CCC1CN(C(=O)OC(C)(C)C)C2. The monoisotopic (exact) mass is 237 g/mol. The van der Waals surface area contributed by atoms with Gasteiger partial charge in [0.2, 0.25) is 0 Å². The maximum atomic E-state index is 12.0. The minimum Gasteiger partial charge on any atom is -0.444 e. The van der Waals surface area contributed by atoms with Gasteiger partial charge in [0.15, 0.2) is 0 Å². The van der Waals surface area contributed by atoms with Crippen molar-refractivity contribution in [1.82, 2.24) is 4.90 Å². The molecule has 1 saturated carbocycles. The Morgan fingerprint density at radius 2 is 1.82 bits per heavy atom. The van der Waals surface area contributed by atoms with Crippen molar-refractivity contribution in [3.63, 3.8) is 0 Å². The molecule has 1 aliphatic carbocycles. The van der Waals surface area contributed by atoms with Crippen LogP contribution in [-0.2, 0) is 4.74 Å². The molecule has 1 heterocycles. The second-order valence-corrected chi connectivity index (χ2v) is 6.30. The van der Waals surface area contributed by atoms with E-state index in [0.29, 0.717) is 17.8 Å². The van der Waals surface area contributed by atoms with Crippen LogP contribution in [0.4, 0.5) is 4.79 Å². The highest BCUT2D eigenvalue weighted by atomic mass is 16.6. The first-order chi connectivity index (χ1) is 7.90. The normalized spacial score (nSPS) is 32.4. The Morgan fingerprint density at radius 1 is 1.29 bits per heavy atom. The molecule has 2 atom stereocenters. The van der Waals surface area contributed by atoms with E-state index in [4.69, 9.17) is 4.74 Å². The van der Waals surface area contributed by atoms with Crippen molar-refractivity contribution in [2.45, 2.75) is 39.2 Å². The molecule has 0 radical (unpaired) electrons. The Bertz CT molecular complexity index is 305. The van der Waals surface area contributed by atoms with Crippen LogP contribution in [0.5, 0.6) is 0 Å². The van der Waals surface area contributed by atoms with Crippen LogP contribution in [0.1, 0.15) is 33.6 Å². The minimum absolute atomic E-state index is 0.156. The number of rotatable bonds is 1. The quantitative estimate of drug-likeness (QED) is 0.656. The van der Waals surface area contributed by atoms with Gasteiger partial charge in [0.1, 0.15) is 5.60 Å². The Hall–Kier alpha value is -0.990. The van der Waals surface area contributed by atoms with E-state index in [-0.39, 0.29) is 6.09 Å². The predicted octanol–water partition coefficient (Wildman–Crippen LogP) is 3.07. The van der Waals surface area contributed by atoms with E-state index in [0.717, 1.165) is 13.1 Å². The highest BCUT2D eigenvalue weighted by Gasteiger charge is 2.42. The van der Waals surface area contributed by atoms with Crippen molar-refractivity contribution in [3.05, 3.63) is 12.7 Å². The summed E-state index contributed by atoms with van der Waals surface area (Å²) >= 11 is 0. The van der Waals surface area contributed by atoms with Crippen molar-refractivity contribution < 1.29 is 9.53 Å². The first-order valence-electron chi connectivity index (χ1n) is 6.51. The smallest absolute Gasteiger partial charge is 0.410 e. The zero-order chi connectivity index (χ0) is 12.6. The number of amides is 1. The summed E-state index contributed by atoms with van der Waals surface area (Å²) in [5.41, 5.74) is -0.397. The Labute approximate surface area is 104 Å². The summed E-state index contributed by atoms with van der Waals surface area (Å²) in [4.78, 5) is 13.9. The maximum Gasteiger partial charge on any atom is 0.410 e. The zero-order valence-corrected chi connectivity index (χ0v) is 11.1. The molecule has 2 unspecified atom stereocenters. The average molecular weight is 237 g/mol. The number of fused-ring (bicyclic) bond motifs is 2. The van der Waals surface area contributed by atoms with Gasteiger partial charge in [-0.1, -0.05) is 6.08 Å². The van der Waals surface area contributed by atoms with Crippen LogP contribution in [-0.4, -0.2) is 29.7 Å². The van der Waals surface area contributed by atoms with Gasteiger partial charge in [-0.25, -0.2) is 4.79 Å². The molecule has 0 aromatic carbocycles. The fraction of sp³-hybridized carbons (Fsp3) is 0.786. The van der Waals surface area contributed by atoms with Crippen molar-refractivity contribution in [2.24, 2.45) is 17.8 Å². The lowest BCUT2D eigenvalue weighted by atomic mass is 9.85. The highest BCUT2D eigenvalue weighted by Crippen LogP contribution is 2.42. The highest BCUT2D eigenvalue weighted by molar-refractivity contribution is 5.68. The van der Waals surface area contributed by atoms with Crippen LogP contribution in [0.3, 0.4) is 0 Å². The molecule has 2 rings (SSSR count). The molecule has 0 aromatic heterocycles. The largest absolute Gasteiger partial charge is 0.444 e. The van der Waals surface area contributed by atoms with Crippen LogP contribution in [0.2, 0.25) is 0 Å². The van der Waals surface area contributed by atoms with Crippen molar-refractivity contribution in [1.29, 1.82) is 0 Å². The third kappa shape index (κ3) is 2.64. The van der Waals surface area contributed by atoms with Gasteiger partial charge >= 0.3 is 6.09 Å². The van der Waals surface area contributed by atoms with Crippen molar-refractivity contribution in [3.8, 4) is 0 Å². The number of ether oxygens (including phenoxy) is 1. The van der Waals surface area contributed by atoms with Crippen LogP contribution >= 0.6 is 0 Å². The van der Waals surface area contributed by atoms with Crippen LogP contribution in [0.25, 0.3) is 0 Å². The van der Waals surface area contributed by atoms with Gasteiger partial charge in [0, 0.05) is 13.1 Å². The molecule has 2 fully saturated rings. The van der Waals surface area contributed by atoms with E-state index in [1.165, 1.54) is 12.8 Å². The number of hydrogen-bond donors (Lipinski definition) is 0. The number of carbonyl (C=O) groups excluding carboxylic acids is 1. The molecule has 0 spiro atoms. The van der Waals surface area contributed by atoms with Gasteiger partial charge in [0.05, 0.1) is 0 Å². The summed E-state index contributed by atoms with van der Waals surface area (Å²) in [6.07, 6.45) is 4.37. The first kappa shape index (κ1) is 12.5. The summed E-state index contributed by atoms with van der Waals surface area (Å²) in [6, 6.07) is 0. The average Bonchev–Trinajstić information content (AvgIpc) is 2.44. The zero-order valence-electron chi connectivity index (χ0n) is 11.1. The molecule has 96 valence electrons. The lowest BCUT2D eigenvalue weighted by Gasteiger charge is -2.37. The Kier molecular flexibility index (Phi) is 3.19. The predicted molar refractivity (Wildman–Crippen MR) is 67.7 cm³/mol. The molecule has 1 amide bonds. The molecule has 2 bridgehead atoms. The van der Waals surface area contributed by atoms with Gasteiger partial charge in [-0.05, 0) is 51.4 Å². The fourth-order valence-electron chi connectivity index (χ4n) is 3.13. The van der Waals surface area contributed by atoms with E-state index in [2.05, 4.69) is 12.7 Å². The molecule has 1 saturated heterocycles. The van der Waals surface area contributed by atoms with Crippen LogP contribution in [0, 0.1) is 17.8 Å². The number of allylic oxidation sites excluding steroid dienone is 1. The lowest BCUT2D eigenvalue weighted by molar-refractivity contribution is 0.0112. The van der Waals surface area contributed by atoms with Crippen LogP contribution in [0.15, 0.2) is 12.7 Å². The second kappa shape index (κ2) is 4.35. The van der Waals surface area contributed by atoms with Crippen LogP contribution < -0.4 is 0 Å². The number of likely N-dealkylation sites (tertiary alicyclic amines) is 1. The number of nitrogens with zero attached hydrogens (tertiary/aromatic N) is 1. The van der Waals surface area contributed by atoms with E-state index in [9.17, 15) is 4.79 Å². The van der Waals surface area contributed by atoms with E-state index in [1.807, 2.05) is 25.7 Å². The molecule has 17 heavy (non-hydrogen) atoms. The third-order valence-electron chi connectivity index (χ3n) is 3.83. The fourth-order valence-corrected chi connectivity index (χ4v) is 3.13. The Morgan fingerprint density at radius 3 is 2.24 bits per heavy atom. The summed E-state index contributed by atoms with van der Waals surface area (Å²) in [6.45, 7) is 11.3. The number of hydrogen-bond acceptors (Lipinski definition) is 2. The summed E-state index contributed by atoms with van der Waals surface area (Å²) < 4.78 is 5.43. The molecule has 1 aliphatic heterocycles. The number of piperidine rings is 1. The molecule has 2 aliphatic rings. The summed E-state index contributed by atoms with van der Waals surface area (Å²) in [7, 11) is 0. The number of carbonyl (C=O) groups is 1. The lowest BCUT2D eigenvalue weighted by Crippen LogP contribution is -2.46. The Balaban J connectivity index is 1.98. The topological polar surface area (TPSA) is 29.5 Å². The van der Waals surface area contributed by atoms with Gasteiger partial charge in [-0.3, -0.25) is 0 Å². The van der Waals surface area contributed by atoms with Crippen molar-refractivity contribution in [2.75, 3.05) is 13.1 Å². The van der Waals surface area contributed by atoms with E-state index in [1.54, 1.807) is 0 Å². The summed E-state index contributed by atoms with van der Waals surface area (Å²) in [5, 5.41) is 0. The van der Waals surface area contributed by atoms with E-state index >= 15 is 0 Å². The third-order valence-corrected chi connectivity index (χ3v) is 3.83. The van der Waals surface area contributed by atoms with Gasteiger partial charge in [-0.2, -0.15) is 0 Å². The van der Waals surface area contributed by atoms with E-state index < -0.39 is 5.60 Å².